The van der Waals surface area contributed by atoms with E-state index in [1.54, 1.807) is 26.0 Å². The van der Waals surface area contributed by atoms with Crippen LogP contribution in [0.1, 0.15) is 44.5 Å². The molecule has 0 aliphatic heterocycles. The number of hydrogen-bond donors (Lipinski definition) is 4. The number of aliphatic hydroxyl groups is 2. The first kappa shape index (κ1) is 17.3. The average molecular weight is 316 g/mol. The van der Waals surface area contributed by atoms with Crippen LogP contribution in [0.3, 0.4) is 0 Å². The molecule has 0 bridgehead atoms. The Labute approximate surface area is 136 Å². The van der Waals surface area contributed by atoms with Gasteiger partial charge >= 0.3 is 0 Å². The van der Waals surface area contributed by atoms with Crippen LogP contribution in [0.2, 0.25) is 0 Å². The minimum atomic E-state index is -0.152. The highest BCUT2D eigenvalue weighted by Gasteiger charge is 2.18. The van der Waals surface area contributed by atoms with Gasteiger partial charge in [-0.05, 0) is 90.8 Å². The zero-order valence-corrected chi connectivity index (χ0v) is 14.1. The second-order valence-electron chi connectivity index (χ2n) is 6.08. The zero-order valence-electron chi connectivity index (χ0n) is 14.1. The van der Waals surface area contributed by atoms with E-state index in [1.807, 2.05) is 13.8 Å². The number of hydrogen-bond acceptors (Lipinski definition) is 4. The van der Waals surface area contributed by atoms with Crippen LogP contribution in [-0.4, -0.2) is 20.4 Å². The first-order valence-corrected chi connectivity index (χ1v) is 7.65. The minimum absolute atomic E-state index is 0.152. The van der Waals surface area contributed by atoms with Crippen molar-refractivity contribution in [1.29, 1.82) is 0 Å². The number of rotatable bonds is 4. The van der Waals surface area contributed by atoms with Gasteiger partial charge < -0.3 is 20.4 Å². The molecule has 0 radical (unpaired) electrons. The molecule has 4 heteroatoms. The molecule has 0 aliphatic carbocycles. The summed E-state index contributed by atoms with van der Waals surface area (Å²) >= 11 is 0. The standard InChI is InChI=1S/C19H24O4/c1-10-5-18(22)12(3)16(8-20)14(10)7-15-11(2)6-19(23)13(4)17(15)9-21/h5-6,20-23H,7-9H2,1-4H3. The lowest BCUT2D eigenvalue weighted by molar-refractivity contribution is 0.277. The van der Waals surface area contributed by atoms with Crippen molar-refractivity contribution in [2.24, 2.45) is 0 Å². The first-order chi connectivity index (χ1) is 10.8. The fourth-order valence-corrected chi connectivity index (χ4v) is 3.14. The van der Waals surface area contributed by atoms with Crippen LogP contribution < -0.4 is 0 Å². The lowest BCUT2D eigenvalue weighted by Gasteiger charge is -2.20. The number of phenolic OH excluding ortho intramolecular Hbond substituents is 2. The molecule has 124 valence electrons. The smallest absolute Gasteiger partial charge is 0.119 e. The lowest BCUT2D eigenvalue weighted by atomic mass is 9.87. The Morgan fingerprint density at radius 3 is 1.30 bits per heavy atom. The lowest BCUT2D eigenvalue weighted by Crippen LogP contribution is -2.07. The van der Waals surface area contributed by atoms with Crippen molar-refractivity contribution in [2.45, 2.75) is 47.3 Å². The third-order valence-corrected chi connectivity index (χ3v) is 4.73. The van der Waals surface area contributed by atoms with E-state index in [1.165, 1.54) is 0 Å². The van der Waals surface area contributed by atoms with Crippen molar-refractivity contribution < 1.29 is 20.4 Å². The molecule has 4 N–H and O–H groups in total. The summed E-state index contributed by atoms with van der Waals surface area (Å²) < 4.78 is 0. The van der Waals surface area contributed by atoms with Gasteiger partial charge in [0.1, 0.15) is 11.5 Å². The maximum absolute atomic E-state index is 9.95. The Morgan fingerprint density at radius 2 is 1.00 bits per heavy atom. The van der Waals surface area contributed by atoms with Crippen molar-refractivity contribution in [2.75, 3.05) is 0 Å². The highest BCUT2D eigenvalue weighted by atomic mass is 16.3. The summed E-state index contributed by atoms with van der Waals surface area (Å²) in [6.45, 7) is 7.06. The average Bonchev–Trinajstić information content (AvgIpc) is 2.50. The Bertz CT molecular complexity index is 685. The summed E-state index contributed by atoms with van der Waals surface area (Å²) in [7, 11) is 0. The monoisotopic (exact) mass is 316 g/mol. The predicted octanol–water partition coefficient (Wildman–Crippen LogP) is 2.91. The maximum atomic E-state index is 9.95. The summed E-state index contributed by atoms with van der Waals surface area (Å²) in [6.07, 6.45) is 0.533. The summed E-state index contributed by atoms with van der Waals surface area (Å²) in [5.74, 6) is 0.354. The van der Waals surface area contributed by atoms with Gasteiger partial charge in [-0.1, -0.05) is 0 Å². The SMILES string of the molecule is Cc1cc(O)c(C)c(CO)c1Cc1c(C)cc(O)c(C)c1CO. The van der Waals surface area contributed by atoms with Gasteiger partial charge in [0, 0.05) is 0 Å². The van der Waals surface area contributed by atoms with E-state index in [0.29, 0.717) is 17.5 Å². The van der Waals surface area contributed by atoms with E-state index < -0.39 is 0 Å². The van der Waals surface area contributed by atoms with E-state index in [-0.39, 0.29) is 24.7 Å². The Kier molecular flexibility index (Phi) is 4.97. The van der Waals surface area contributed by atoms with E-state index in [9.17, 15) is 20.4 Å². The van der Waals surface area contributed by atoms with Crippen molar-refractivity contribution in [3.8, 4) is 11.5 Å². The molecule has 0 atom stereocenters. The largest absolute Gasteiger partial charge is 0.508 e. The van der Waals surface area contributed by atoms with E-state index in [4.69, 9.17) is 0 Å². The van der Waals surface area contributed by atoms with Crippen LogP contribution in [0.15, 0.2) is 12.1 Å². The first-order valence-electron chi connectivity index (χ1n) is 7.65. The molecule has 0 amide bonds. The molecule has 0 aliphatic rings. The summed E-state index contributed by atoms with van der Waals surface area (Å²) in [6, 6.07) is 3.40. The van der Waals surface area contributed by atoms with Crippen molar-refractivity contribution in [3.63, 3.8) is 0 Å². The highest BCUT2D eigenvalue weighted by Crippen LogP contribution is 2.33. The second kappa shape index (κ2) is 6.60. The molecule has 0 spiro atoms. The number of aliphatic hydroxyl groups excluding tert-OH is 2. The molecule has 4 nitrogen and oxygen atoms in total. The van der Waals surface area contributed by atoms with Gasteiger partial charge in [0.25, 0.3) is 0 Å². The summed E-state index contributed by atoms with van der Waals surface area (Å²) in [5, 5.41) is 39.3. The van der Waals surface area contributed by atoms with E-state index in [2.05, 4.69) is 0 Å². The van der Waals surface area contributed by atoms with Crippen LogP contribution in [0, 0.1) is 27.7 Å². The van der Waals surface area contributed by atoms with Gasteiger partial charge in [0.2, 0.25) is 0 Å². The van der Waals surface area contributed by atoms with Crippen molar-refractivity contribution in [3.05, 3.63) is 56.6 Å². The molecular formula is C19H24O4. The van der Waals surface area contributed by atoms with Gasteiger partial charge in [-0.15, -0.1) is 0 Å². The maximum Gasteiger partial charge on any atom is 0.119 e. The highest BCUT2D eigenvalue weighted by molar-refractivity contribution is 5.54. The van der Waals surface area contributed by atoms with Crippen molar-refractivity contribution in [1.82, 2.24) is 0 Å². The van der Waals surface area contributed by atoms with Crippen molar-refractivity contribution >= 4 is 0 Å². The molecule has 23 heavy (non-hydrogen) atoms. The summed E-state index contributed by atoms with van der Waals surface area (Å²) in [4.78, 5) is 0. The van der Waals surface area contributed by atoms with Gasteiger partial charge in [-0.2, -0.15) is 0 Å². The third kappa shape index (κ3) is 3.05. The zero-order chi connectivity index (χ0) is 17.3. The fraction of sp³-hybridized carbons (Fsp3) is 0.368. The Hall–Kier alpha value is -2.04. The summed E-state index contributed by atoms with van der Waals surface area (Å²) in [5.41, 5.74) is 6.47. The number of benzene rings is 2. The number of aryl methyl sites for hydroxylation is 2. The van der Waals surface area contributed by atoms with Crippen LogP contribution in [-0.2, 0) is 19.6 Å². The van der Waals surface area contributed by atoms with Gasteiger partial charge in [-0.3, -0.25) is 0 Å². The van der Waals surface area contributed by atoms with Crippen LogP contribution in [0.4, 0.5) is 0 Å². The molecular weight excluding hydrogens is 292 g/mol. The molecule has 2 rings (SSSR count). The van der Waals surface area contributed by atoms with Gasteiger partial charge in [0.15, 0.2) is 0 Å². The number of aromatic hydroxyl groups is 2. The minimum Gasteiger partial charge on any atom is -0.508 e. The molecule has 0 saturated heterocycles. The normalized spacial score (nSPS) is 11.0. The van der Waals surface area contributed by atoms with E-state index >= 15 is 0 Å². The third-order valence-electron chi connectivity index (χ3n) is 4.73. The fourth-order valence-electron chi connectivity index (χ4n) is 3.14. The second-order valence-corrected chi connectivity index (χ2v) is 6.08. The predicted molar refractivity (Wildman–Crippen MR) is 89.8 cm³/mol. The molecule has 0 aromatic heterocycles. The molecule has 0 fully saturated rings. The van der Waals surface area contributed by atoms with E-state index in [0.717, 1.165) is 33.4 Å². The molecule has 0 heterocycles. The number of phenols is 2. The Balaban J connectivity index is 2.65. The molecule has 2 aromatic rings. The molecule has 0 unspecified atom stereocenters. The topological polar surface area (TPSA) is 80.9 Å². The van der Waals surface area contributed by atoms with Gasteiger partial charge in [-0.25, -0.2) is 0 Å². The quantitative estimate of drug-likeness (QED) is 0.699. The molecule has 0 saturated carbocycles. The Morgan fingerprint density at radius 1 is 0.652 bits per heavy atom. The molecule has 2 aromatic carbocycles. The van der Waals surface area contributed by atoms with Crippen LogP contribution in [0.5, 0.6) is 11.5 Å². The van der Waals surface area contributed by atoms with Crippen LogP contribution >= 0.6 is 0 Å². The van der Waals surface area contributed by atoms with Gasteiger partial charge in [0.05, 0.1) is 13.2 Å². The van der Waals surface area contributed by atoms with Crippen LogP contribution in [0.25, 0.3) is 0 Å².